The first-order chi connectivity index (χ1) is 14.5. The average molecular weight is 558 g/mol. The second kappa shape index (κ2) is 8.09. The fourth-order valence-electron chi connectivity index (χ4n) is 3.64. The fourth-order valence-corrected chi connectivity index (χ4v) is 4.36. The van der Waals surface area contributed by atoms with Gasteiger partial charge in [0.15, 0.2) is 10.8 Å². The third-order valence-electron chi connectivity index (χ3n) is 5.07. The van der Waals surface area contributed by atoms with Gasteiger partial charge in [0.05, 0.1) is 0 Å². The molecule has 3 aromatic rings. The predicted octanol–water partition coefficient (Wildman–Crippen LogP) is 4.73. The number of hydrogen-bond donors (Lipinski definition) is 1. The number of ether oxygens (including phenoxy) is 1. The normalized spacial score (nSPS) is 15.6. The maximum Gasteiger partial charge on any atom is 0.410 e. The number of nitrogens with one attached hydrogen (secondary N) is 1. The van der Waals surface area contributed by atoms with Crippen LogP contribution in [0.4, 0.5) is 15.0 Å². The molecule has 0 atom stereocenters. The first-order valence-corrected chi connectivity index (χ1v) is 11.2. The number of amides is 1. The lowest BCUT2D eigenvalue weighted by Crippen LogP contribution is -2.64. The summed E-state index contributed by atoms with van der Waals surface area (Å²) in [5.41, 5.74) is 0.615. The lowest BCUT2D eigenvalue weighted by Gasteiger charge is -2.50. The van der Waals surface area contributed by atoms with Crippen LogP contribution in [0.1, 0.15) is 26.3 Å². The van der Waals surface area contributed by atoms with Crippen LogP contribution >= 0.6 is 34.2 Å². The first-order valence-electron chi connectivity index (χ1n) is 9.74. The maximum atomic E-state index is 13.5. The molecule has 10 heteroatoms. The highest BCUT2D eigenvalue weighted by atomic mass is 127. The average Bonchev–Trinajstić information content (AvgIpc) is 3.00. The topological polar surface area (TPSA) is 71.8 Å². The van der Waals surface area contributed by atoms with E-state index >= 15 is 0 Å². The Morgan fingerprint density at radius 3 is 2.61 bits per heavy atom. The van der Waals surface area contributed by atoms with Gasteiger partial charge in [0.1, 0.15) is 20.9 Å². The predicted molar refractivity (Wildman–Crippen MR) is 125 cm³/mol. The number of fused-ring (bicyclic) bond motifs is 1. The Labute approximate surface area is 198 Å². The van der Waals surface area contributed by atoms with Gasteiger partial charge in [0.25, 0.3) is 0 Å². The molecule has 0 unspecified atom stereocenters. The number of carbonyl (C=O) groups is 1. The van der Waals surface area contributed by atoms with E-state index in [2.05, 4.69) is 38.0 Å². The summed E-state index contributed by atoms with van der Waals surface area (Å²) in [5, 5.41) is 8.07. The molecule has 1 aromatic carbocycles. The monoisotopic (exact) mass is 557 g/mol. The Kier molecular flexibility index (Phi) is 5.76. The van der Waals surface area contributed by atoms with Crippen LogP contribution in [0.25, 0.3) is 5.65 Å². The van der Waals surface area contributed by atoms with E-state index in [1.807, 2.05) is 26.8 Å². The van der Waals surface area contributed by atoms with E-state index < -0.39 is 11.0 Å². The van der Waals surface area contributed by atoms with E-state index in [1.165, 1.54) is 12.1 Å². The summed E-state index contributed by atoms with van der Waals surface area (Å²) < 4.78 is 21.5. The Morgan fingerprint density at radius 2 is 1.97 bits per heavy atom. The molecule has 1 fully saturated rings. The van der Waals surface area contributed by atoms with Gasteiger partial charge < -0.3 is 15.0 Å². The molecule has 1 aliphatic rings. The van der Waals surface area contributed by atoms with Gasteiger partial charge in [-0.05, 0) is 61.1 Å². The Balaban J connectivity index is 1.58. The highest BCUT2D eigenvalue weighted by Gasteiger charge is 2.47. The van der Waals surface area contributed by atoms with Crippen LogP contribution in [0.3, 0.4) is 0 Å². The molecule has 1 saturated heterocycles. The molecular formula is C21H22ClFIN5O2. The van der Waals surface area contributed by atoms with Crippen molar-refractivity contribution in [3.63, 3.8) is 0 Å². The quantitative estimate of drug-likeness (QED) is 0.371. The van der Waals surface area contributed by atoms with Crippen molar-refractivity contribution in [3.05, 3.63) is 56.6 Å². The summed E-state index contributed by atoms with van der Waals surface area (Å²) in [7, 11) is 0. The van der Waals surface area contributed by atoms with Crippen molar-refractivity contribution in [2.24, 2.45) is 0 Å². The Bertz CT molecular complexity index is 1120. The van der Waals surface area contributed by atoms with Gasteiger partial charge in [-0.1, -0.05) is 23.7 Å². The third kappa shape index (κ3) is 4.72. The molecule has 0 spiro atoms. The number of anilines is 1. The molecule has 0 radical (unpaired) electrons. The molecule has 3 heterocycles. The van der Waals surface area contributed by atoms with Crippen molar-refractivity contribution >= 4 is 51.8 Å². The number of halogens is 3. The number of likely N-dealkylation sites (tertiary alicyclic amines) is 1. The maximum absolute atomic E-state index is 13.5. The standard InChI is InChI=1S/C21H22ClFIN5O2/c1-20(2,3)31-19(30)28-11-21(12-28,13-4-6-14(23)7-5-13)10-25-17-9-16(24)26-18-8-15(22)27-29(17)18/h4-9,25H,10-12H2,1-3H3. The molecule has 0 bridgehead atoms. The zero-order valence-electron chi connectivity index (χ0n) is 17.3. The van der Waals surface area contributed by atoms with Crippen molar-refractivity contribution in [2.75, 3.05) is 25.0 Å². The minimum absolute atomic E-state index is 0.299. The van der Waals surface area contributed by atoms with Gasteiger partial charge in [0, 0.05) is 37.2 Å². The van der Waals surface area contributed by atoms with Crippen LogP contribution < -0.4 is 5.32 Å². The molecule has 0 saturated carbocycles. The van der Waals surface area contributed by atoms with E-state index in [0.29, 0.717) is 30.4 Å². The summed E-state index contributed by atoms with van der Waals surface area (Å²) in [5.74, 6) is 0.435. The van der Waals surface area contributed by atoms with Crippen LogP contribution in [0, 0.1) is 9.52 Å². The molecule has 1 aliphatic heterocycles. The Morgan fingerprint density at radius 1 is 1.29 bits per heavy atom. The van der Waals surface area contributed by atoms with Gasteiger partial charge in [0.2, 0.25) is 0 Å². The highest BCUT2D eigenvalue weighted by Crippen LogP contribution is 2.36. The van der Waals surface area contributed by atoms with Crippen LogP contribution in [-0.4, -0.2) is 50.8 Å². The molecule has 4 rings (SSSR count). The minimum Gasteiger partial charge on any atom is -0.444 e. The largest absolute Gasteiger partial charge is 0.444 e. The number of benzene rings is 1. The van der Waals surface area contributed by atoms with Gasteiger partial charge >= 0.3 is 6.09 Å². The molecule has 164 valence electrons. The van der Waals surface area contributed by atoms with Crippen molar-refractivity contribution in [3.8, 4) is 0 Å². The summed E-state index contributed by atoms with van der Waals surface area (Å²) in [6.07, 6.45) is -0.357. The summed E-state index contributed by atoms with van der Waals surface area (Å²) in [6, 6.07) is 9.97. The molecular weight excluding hydrogens is 536 g/mol. The second-order valence-corrected chi connectivity index (χ2v) is 10.2. The molecule has 2 aromatic heterocycles. The van der Waals surface area contributed by atoms with Crippen molar-refractivity contribution < 1.29 is 13.9 Å². The van der Waals surface area contributed by atoms with Crippen molar-refractivity contribution in [1.82, 2.24) is 19.5 Å². The van der Waals surface area contributed by atoms with Crippen LogP contribution in [0.15, 0.2) is 36.4 Å². The van der Waals surface area contributed by atoms with E-state index in [-0.39, 0.29) is 11.9 Å². The smallest absolute Gasteiger partial charge is 0.410 e. The molecule has 7 nitrogen and oxygen atoms in total. The molecule has 0 aliphatic carbocycles. The lowest BCUT2D eigenvalue weighted by molar-refractivity contribution is -0.00754. The zero-order chi connectivity index (χ0) is 22.4. The highest BCUT2D eigenvalue weighted by molar-refractivity contribution is 14.1. The van der Waals surface area contributed by atoms with Crippen LogP contribution in [0.5, 0.6) is 0 Å². The van der Waals surface area contributed by atoms with Crippen molar-refractivity contribution in [1.29, 1.82) is 0 Å². The number of aromatic nitrogens is 3. The molecule has 1 N–H and O–H groups in total. The molecule has 31 heavy (non-hydrogen) atoms. The first kappa shape index (κ1) is 22.1. The van der Waals surface area contributed by atoms with Gasteiger partial charge in [-0.25, -0.2) is 14.2 Å². The van der Waals surface area contributed by atoms with E-state index in [1.54, 1.807) is 27.6 Å². The van der Waals surface area contributed by atoms with Gasteiger partial charge in [-0.15, -0.1) is 0 Å². The van der Waals surface area contributed by atoms with Crippen LogP contribution in [0.2, 0.25) is 5.15 Å². The SMILES string of the molecule is CC(C)(C)OC(=O)N1CC(CNc2cc(I)nc3cc(Cl)nn23)(c2ccc(F)cc2)C1. The third-order valence-corrected chi connectivity index (χ3v) is 5.81. The van der Waals surface area contributed by atoms with Gasteiger partial charge in [-0.2, -0.15) is 9.61 Å². The number of hydrogen-bond acceptors (Lipinski definition) is 5. The van der Waals surface area contributed by atoms with Crippen LogP contribution in [-0.2, 0) is 10.2 Å². The Hall–Kier alpha value is -2.14. The van der Waals surface area contributed by atoms with Crippen molar-refractivity contribution in [2.45, 2.75) is 31.8 Å². The lowest BCUT2D eigenvalue weighted by atomic mass is 9.73. The molecule has 1 amide bonds. The fraction of sp³-hybridized carbons (Fsp3) is 0.381. The number of nitrogens with zero attached hydrogens (tertiary/aromatic N) is 4. The zero-order valence-corrected chi connectivity index (χ0v) is 20.2. The number of carbonyl (C=O) groups excluding carboxylic acids is 1. The number of rotatable bonds is 4. The van der Waals surface area contributed by atoms with E-state index in [9.17, 15) is 9.18 Å². The second-order valence-electron chi connectivity index (χ2n) is 8.68. The summed E-state index contributed by atoms with van der Waals surface area (Å²) in [6.45, 7) is 6.92. The summed E-state index contributed by atoms with van der Waals surface area (Å²) in [4.78, 5) is 18.6. The van der Waals surface area contributed by atoms with E-state index in [0.717, 1.165) is 15.1 Å². The van der Waals surface area contributed by atoms with E-state index in [4.69, 9.17) is 16.3 Å². The van der Waals surface area contributed by atoms with Gasteiger partial charge in [-0.3, -0.25) is 0 Å². The minimum atomic E-state index is -0.567. The summed E-state index contributed by atoms with van der Waals surface area (Å²) >= 11 is 8.20.